The monoisotopic (exact) mass is 494 g/mol. The fraction of sp³-hybridized carbons (Fsp3) is 0.476. The zero-order chi connectivity index (χ0) is 23.5. The first-order valence-electron chi connectivity index (χ1n) is 10.5. The number of benzene rings is 1. The highest BCUT2D eigenvalue weighted by Crippen LogP contribution is 2.22. The summed E-state index contributed by atoms with van der Waals surface area (Å²) in [7, 11) is 2.40. The predicted molar refractivity (Wildman–Crippen MR) is 139 cm³/mol. The second-order valence-corrected chi connectivity index (χ2v) is 15.3. The zero-order valence-corrected chi connectivity index (χ0v) is 21.8. The van der Waals surface area contributed by atoms with Crippen molar-refractivity contribution in [3.63, 3.8) is 0 Å². The Morgan fingerprint density at radius 1 is 1.31 bits per heavy atom. The van der Waals surface area contributed by atoms with Crippen LogP contribution in [0.25, 0.3) is 10.9 Å². The Kier molecular flexibility index (Phi) is 7.81. The Hall–Kier alpha value is -2.14. The number of hydrogen-bond acceptors (Lipinski definition) is 5. The minimum Gasteiger partial charge on any atom is -0.381 e. The van der Waals surface area contributed by atoms with Crippen LogP contribution < -0.4 is 16.2 Å². The van der Waals surface area contributed by atoms with Crippen molar-refractivity contribution in [3.8, 4) is 0 Å². The van der Waals surface area contributed by atoms with Gasteiger partial charge in [0.15, 0.2) is 5.82 Å². The van der Waals surface area contributed by atoms with Crippen LogP contribution in [0.5, 0.6) is 0 Å². The molecule has 0 aliphatic carbocycles. The average molecular weight is 495 g/mol. The molecule has 0 aliphatic heterocycles. The number of thiocarbonyl (C=S) groups is 1. The number of aromatic nitrogens is 4. The standard InChI is InChI=1S/C21H31ClN6O2SSi/c1-23-19-20(25-18(31)11-22)26(2)28(21(19)29)13-15-7-6-8-17-16(15)12-24-27(17)14-30-9-10-32(3,4)5/h6-8,12,23H,9-11,13-14H2,1-5H3,(H,25,31). The van der Waals surface area contributed by atoms with Gasteiger partial charge < -0.3 is 15.4 Å². The van der Waals surface area contributed by atoms with Gasteiger partial charge in [0.25, 0.3) is 5.56 Å². The molecule has 2 heterocycles. The summed E-state index contributed by atoms with van der Waals surface area (Å²) in [6.45, 7) is 8.54. The van der Waals surface area contributed by atoms with Crippen molar-refractivity contribution in [1.82, 2.24) is 19.1 Å². The van der Waals surface area contributed by atoms with Crippen LogP contribution in [0, 0.1) is 0 Å². The van der Waals surface area contributed by atoms with E-state index in [0.29, 0.717) is 29.8 Å². The first-order chi connectivity index (χ1) is 15.2. The average Bonchev–Trinajstić information content (AvgIpc) is 3.25. The lowest BCUT2D eigenvalue weighted by molar-refractivity contribution is 0.0817. The van der Waals surface area contributed by atoms with Crippen LogP contribution in [0.2, 0.25) is 25.7 Å². The highest BCUT2D eigenvalue weighted by molar-refractivity contribution is 7.80. The number of hydrogen-bond donors (Lipinski definition) is 2. The van der Waals surface area contributed by atoms with Crippen molar-refractivity contribution < 1.29 is 4.74 Å². The van der Waals surface area contributed by atoms with Gasteiger partial charge in [0, 0.05) is 34.2 Å². The number of anilines is 2. The van der Waals surface area contributed by atoms with Crippen molar-refractivity contribution >= 4 is 59.3 Å². The Bertz CT molecular complexity index is 1160. The van der Waals surface area contributed by atoms with Gasteiger partial charge in [-0.1, -0.05) is 44.0 Å². The van der Waals surface area contributed by atoms with E-state index in [9.17, 15) is 4.79 Å². The molecule has 0 aliphatic rings. The van der Waals surface area contributed by atoms with Gasteiger partial charge in [-0.2, -0.15) is 5.10 Å². The number of nitrogens with one attached hydrogen (secondary N) is 2. The molecule has 0 fully saturated rings. The highest BCUT2D eigenvalue weighted by Gasteiger charge is 2.19. The summed E-state index contributed by atoms with van der Waals surface area (Å²) in [5, 5.41) is 11.5. The third kappa shape index (κ3) is 5.43. The third-order valence-electron chi connectivity index (χ3n) is 5.31. The van der Waals surface area contributed by atoms with Gasteiger partial charge in [0.2, 0.25) is 0 Å². The smallest absolute Gasteiger partial charge is 0.292 e. The van der Waals surface area contributed by atoms with Gasteiger partial charge in [0.1, 0.15) is 12.4 Å². The Morgan fingerprint density at radius 2 is 2.06 bits per heavy atom. The summed E-state index contributed by atoms with van der Waals surface area (Å²) in [6.07, 6.45) is 1.83. The lowest BCUT2D eigenvalue weighted by Gasteiger charge is -2.15. The maximum atomic E-state index is 13.0. The number of fused-ring (bicyclic) bond motifs is 1. The summed E-state index contributed by atoms with van der Waals surface area (Å²) in [5.74, 6) is 0.762. The van der Waals surface area contributed by atoms with Crippen molar-refractivity contribution in [2.75, 3.05) is 30.2 Å². The summed E-state index contributed by atoms with van der Waals surface area (Å²) in [6, 6.07) is 7.12. The van der Waals surface area contributed by atoms with Crippen molar-refractivity contribution in [3.05, 3.63) is 40.3 Å². The van der Waals surface area contributed by atoms with Crippen molar-refractivity contribution in [2.45, 2.75) is 39.0 Å². The number of ether oxygens (including phenoxy) is 1. The zero-order valence-electron chi connectivity index (χ0n) is 19.2. The molecule has 1 aromatic carbocycles. The van der Waals surface area contributed by atoms with Gasteiger partial charge in [0.05, 0.1) is 29.1 Å². The molecular formula is C21H31ClN6O2SSi. The molecule has 2 N–H and O–H groups in total. The lowest BCUT2D eigenvalue weighted by Crippen LogP contribution is -2.23. The van der Waals surface area contributed by atoms with Gasteiger partial charge in [-0.05, 0) is 17.7 Å². The molecular weight excluding hydrogens is 464 g/mol. The Balaban J connectivity index is 1.86. The minimum absolute atomic E-state index is 0.144. The lowest BCUT2D eigenvalue weighted by atomic mass is 10.1. The molecule has 0 unspecified atom stereocenters. The number of alkyl halides is 1. The van der Waals surface area contributed by atoms with E-state index in [0.717, 1.165) is 29.1 Å². The van der Waals surface area contributed by atoms with E-state index in [1.165, 1.54) is 0 Å². The predicted octanol–water partition coefficient (Wildman–Crippen LogP) is 3.92. The molecule has 2 aromatic heterocycles. The Morgan fingerprint density at radius 3 is 2.72 bits per heavy atom. The highest BCUT2D eigenvalue weighted by atomic mass is 35.5. The van der Waals surface area contributed by atoms with Crippen LogP contribution in [-0.4, -0.2) is 51.7 Å². The second-order valence-electron chi connectivity index (χ2n) is 8.88. The molecule has 174 valence electrons. The van der Waals surface area contributed by atoms with E-state index in [1.54, 1.807) is 16.4 Å². The van der Waals surface area contributed by atoms with Gasteiger partial charge in [-0.25, -0.2) is 9.36 Å². The van der Waals surface area contributed by atoms with Crippen LogP contribution in [0.1, 0.15) is 5.56 Å². The SMILES string of the molecule is CNc1c(NC(=S)CCl)n(C)n(Cc2cccc3c2cnn3COCC[Si](C)(C)C)c1=O. The third-order valence-corrected chi connectivity index (χ3v) is 7.68. The second kappa shape index (κ2) is 10.2. The first-order valence-corrected chi connectivity index (χ1v) is 15.2. The molecule has 32 heavy (non-hydrogen) atoms. The first kappa shape index (κ1) is 24.5. The van der Waals surface area contributed by atoms with Crippen LogP contribution in [0.4, 0.5) is 11.5 Å². The number of nitrogens with zero attached hydrogens (tertiary/aromatic N) is 4. The molecule has 0 radical (unpaired) electrons. The maximum Gasteiger partial charge on any atom is 0.292 e. The van der Waals surface area contributed by atoms with E-state index in [4.69, 9.17) is 28.6 Å². The molecule has 0 saturated heterocycles. The molecule has 3 rings (SSSR count). The van der Waals surface area contributed by atoms with Gasteiger partial charge in [-0.15, -0.1) is 11.6 Å². The topological polar surface area (TPSA) is 78.0 Å². The molecule has 8 nitrogen and oxygen atoms in total. The van der Waals surface area contributed by atoms with Crippen LogP contribution in [0.3, 0.4) is 0 Å². The fourth-order valence-corrected chi connectivity index (χ4v) is 4.38. The van der Waals surface area contributed by atoms with Crippen LogP contribution in [0.15, 0.2) is 29.2 Å². The molecule has 11 heteroatoms. The molecule has 3 aromatic rings. The summed E-state index contributed by atoms with van der Waals surface area (Å²) < 4.78 is 11.2. The van der Waals surface area contributed by atoms with E-state index < -0.39 is 8.07 Å². The van der Waals surface area contributed by atoms with Crippen molar-refractivity contribution in [2.24, 2.45) is 7.05 Å². The van der Waals surface area contributed by atoms with Crippen LogP contribution in [-0.2, 0) is 25.1 Å². The van der Waals surface area contributed by atoms with E-state index in [1.807, 2.05) is 36.1 Å². The Labute approximate surface area is 199 Å². The maximum absolute atomic E-state index is 13.0. The summed E-state index contributed by atoms with van der Waals surface area (Å²) in [4.78, 5) is 13.5. The van der Waals surface area contributed by atoms with E-state index in [2.05, 4.69) is 35.4 Å². The van der Waals surface area contributed by atoms with Crippen LogP contribution >= 0.6 is 23.8 Å². The van der Waals surface area contributed by atoms with E-state index in [-0.39, 0.29) is 11.4 Å². The molecule has 0 amide bonds. The van der Waals surface area contributed by atoms with E-state index >= 15 is 0 Å². The molecule has 0 saturated carbocycles. The fourth-order valence-electron chi connectivity index (χ4n) is 3.46. The quantitative estimate of drug-likeness (QED) is 0.192. The normalized spacial score (nSPS) is 11.8. The van der Waals surface area contributed by atoms with Gasteiger partial charge >= 0.3 is 0 Å². The van der Waals surface area contributed by atoms with Gasteiger partial charge in [-0.3, -0.25) is 9.48 Å². The number of rotatable bonds is 10. The minimum atomic E-state index is -1.13. The summed E-state index contributed by atoms with van der Waals surface area (Å²) >= 11 is 11.0. The van der Waals surface area contributed by atoms with Crippen molar-refractivity contribution in [1.29, 1.82) is 0 Å². The molecule has 0 atom stereocenters. The summed E-state index contributed by atoms with van der Waals surface area (Å²) in [5.41, 5.74) is 2.27. The number of halogens is 1. The molecule has 0 spiro atoms. The molecule has 0 bridgehead atoms. The largest absolute Gasteiger partial charge is 0.381 e.